The van der Waals surface area contributed by atoms with Gasteiger partial charge in [0.25, 0.3) is 0 Å². The molecule has 0 saturated heterocycles. The number of nitrogens with two attached hydrogens (primary N) is 1. The van der Waals surface area contributed by atoms with Gasteiger partial charge in [-0.3, -0.25) is 0 Å². The zero-order valence-electron chi connectivity index (χ0n) is 8.49. The van der Waals surface area contributed by atoms with Crippen LogP contribution in [0.25, 0.3) is 0 Å². The molecule has 1 aliphatic rings. The third-order valence-corrected chi connectivity index (χ3v) is 2.82. The molecule has 0 amide bonds. The Morgan fingerprint density at radius 1 is 1.40 bits per heavy atom. The normalized spacial score (nSPS) is 15.7. The van der Waals surface area contributed by atoms with E-state index in [1.807, 2.05) is 12.1 Å². The third-order valence-electron chi connectivity index (χ3n) is 2.48. The summed E-state index contributed by atoms with van der Waals surface area (Å²) in [4.78, 5) is 6.67. The van der Waals surface area contributed by atoms with E-state index in [1.165, 1.54) is 0 Å². The Kier molecular flexibility index (Phi) is 3.23. The van der Waals surface area contributed by atoms with E-state index < -0.39 is 0 Å². The monoisotopic (exact) mass is 223 g/mol. The van der Waals surface area contributed by atoms with Gasteiger partial charge in [0.15, 0.2) is 0 Å². The number of aromatic nitrogens is 1. The van der Waals surface area contributed by atoms with Crippen molar-refractivity contribution in [2.45, 2.75) is 13.0 Å². The van der Waals surface area contributed by atoms with Crippen molar-refractivity contribution in [1.29, 1.82) is 0 Å². The van der Waals surface area contributed by atoms with E-state index in [2.05, 4.69) is 22.0 Å². The van der Waals surface area contributed by atoms with Crippen LogP contribution in [0.5, 0.6) is 0 Å². The second-order valence-electron chi connectivity index (χ2n) is 3.51. The van der Waals surface area contributed by atoms with Gasteiger partial charge in [-0.05, 0) is 18.6 Å². The summed E-state index contributed by atoms with van der Waals surface area (Å²) in [7, 11) is 0. The van der Waals surface area contributed by atoms with Crippen molar-refractivity contribution in [3.63, 3.8) is 0 Å². The van der Waals surface area contributed by atoms with Gasteiger partial charge in [-0.1, -0.05) is 23.8 Å². The Bertz CT molecular complexity index is 376. The fourth-order valence-corrected chi connectivity index (χ4v) is 1.82. The predicted octanol–water partition coefficient (Wildman–Crippen LogP) is 1.96. The number of hydrogen-bond donors (Lipinski definition) is 1. The predicted molar refractivity (Wildman–Crippen MR) is 63.1 cm³/mol. The zero-order chi connectivity index (χ0) is 10.7. The van der Waals surface area contributed by atoms with E-state index in [1.54, 1.807) is 0 Å². The molecule has 3 nitrogen and oxygen atoms in total. The summed E-state index contributed by atoms with van der Waals surface area (Å²) < 4.78 is 0. The van der Waals surface area contributed by atoms with Crippen LogP contribution in [0.4, 0.5) is 5.82 Å². The van der Waals surface area contributed by atoms with Crippen molar-refractivity contribution in [1.82, 2.24) is 4.98 Å². The first-order valence-electron chi connectivity index (χ1n) is 5.06. The minimum absolute atomic E-state index is 0.385. The number of rotatable bonds is 2. The van der Waals surface area contributed by atoms with E-state index in [9.17, 15) is 0 Å². The van der Waals surface area contributed by atoms with Crippen LogP contribution in [0.2, 0.25) is 5.02 Å². The van der Waals surface area contributed by atoms with Crippen molar-refractivity contribution < 1.29 is 0 Å². The first-order chi connectivity index (χ1) is 7.31. The van der Waals surface area contributed by atoms with E-state index in [4.69, 9.17) is 17.3 Å². The van der Waals surface area contributed by atoms with Crippen LogP contribution in [-0.4, -0.2) is 18.1 Å². The minimum atomic E-state index is 0.385. The van der Waals surface area contributed by atoms with Gasteiger partial charge in [-0.25, -0.2) is 4.98 Å². The van der Waals surface area contributed by atoms with Gasteiger partial charge in [-0.2, -0.15) is 0 Å². The Hall–Kier alpha value is -1.06. The molecule has 0 radical (unpaired) electrons. The van der Waals surface area contributed by atoms with Crippen LogP contribution in [-0.2, 0) is 6.54 Å². The van der Waals surface area contributed by atoms with E-state index in [-0.39, 0.29) is 0 Å². The maximum atomic E-state index is 5.96. The molecule has 0 fully saturated rings. The van der Waals surface area contributed by atoms with Crippen LogP contribution in [0.3, 0.4) is 0 Å². The maximum Gasteiger partial charge on any atom is 0.129 e. The molecule has 1 aliphatic heterocycles. The lowest BCUT2D eigenvalue weighted by molar-refractivity contribution is 0.799. The zero-order valence-corrected chi connectivity index (χ0v) is 9.24. The van der Waals surface area contributed by atoms with E-state index in [0.717, 1.165) is 31.0 Å². The fourth-order valence-electron chi connectivity index (χ4n) is 1.64. The van der Waals surface area contributed by atoms with Crippen molar-refractivity contribution in [2.24, 2.45) is 5.73 Å². The molecule has 0 saturated carbocycles. The first-order valence-corrected chi connectivity index (χ1v) is 5.44. The average Bonchev–Trinajstić information content (AvgIpc) is 2.31. The molecule has 0 bridgehead atoms. The fraction of sp³-hybridized carbons (Fsp3) is 0.364. The maximum absolute atomic E-state index is 5.96. The van der Waals surface area contributed by atoms with Gasteiger partial charge in [0.1, 0.15) is 5.82 Å². The number of nitrogens with zero attached hydrogens (tertiary/aromatic N) is 2. The molecule has 4 heteroatoms. The van der Waals surface area contributed by atoms with Crippen LogP contribution in [0, 0.1) is 0 Å². The summed E-state index contributed by atoms with van der Waals surface area (Å²) in [6.45, 7) is 2.31. The minimum Gasteiger partial charge on any atom is -0.353 e. The van der Waals surface area contributed by atoms with Crippen LogP contribution in [0.1, 0.15) is 12.1 Å². The summed E-state index contributed by atoms with van der Waals surface area (Å²) in [5.74, 6) is 0.962. The second-order valence-corrected chi connectivity index (χ2v) is 3.92. The lowest BCUT2D eigenvalue weighted by Gasteiger charge is -2.24. The number of pyridine rings is 1. The van der Waals surface area contributed by atoms with Crippen LogP contribution < -0.4 is 10.6 Å². The van der Waals surface area contributed by atoms with Gasteiger partial charge in [0.05, 0.1) is 10.7 Å². The average molecular weight is 224 g/mol. The highest BCUT2D eigenvalue weighted by Crippen LogP contribution is 2.20. The molecule has 0 unspecified atom stereocenters. The summed E-state index contributed by atoms with van der Waals surface area (Å²) in [6.07, 6.45) is 5.42. The molecule has 2 rings (SSSR count). The van der Waals surface area contributed by atoms with Gasteiger partial charge in [0, 0.05) is 19.6 Å². The largest absolute Gasteiger partial charge is 0.353 e. The Morgan fingerprint density at radius 3 is 2.93 bits per heavy atom. The Balaban J connectivity index is 2.24. The van der Waals surface area contributed by atoms with Gasteiger partial charge < -0.3 is 10.6 Å². The summed E-state index contributed by atoms with van der Waals surface area (Å²) >= 11 is 5.96. The van der Waals surface area contributed by atoms with E-state index in [0.29, 0.717) is 11.6 Å². The Morgan fingerprint density at radius 2 is 2.27 bits per heavy atom. The van der Waals surface area contributed by atoms with Gasteiger partial charge in [-0.15, -0.1) is 0 Å². The highest BCUT2D eigenvalue weighted by molar-refractivity contribution is 6.31. The standard InChI is InChI=1S/C11H14ClN3/c12-9-4-5-11(14-10(9)8-13)15-6-2-1-3-7-15/h1-2,4-5H,3,6-8,13H2. The molecular formula is C11H14ClN3. The molecule has 0 spiro atoms. The molecular weight excluding hydrogens is 210 g/mol. The number of anilines is 1. The molecule has 2 N–H and O–H groups in total. The van der Waals surface area contributed by atoms with Crippen LogP contribution in [0.15, 0.2) is 24.3 Å². The molecule has 0 aromatic carbocycles. The molecule has 0 atom stereocenters. The Labute approximate surface area is 94.5 Å². The summed E-state index contributed by atoms with van der Waals surface area (Å²) in [5.41, 5.74) is 6.34. The summed E-state index contributed by atoms with van der Waals surface area (Å²) in [6, 6.07) is 3.81. The van der Waals surface area contributed by atoms with E-state index >= 15 is 0 Å². The van der Waals surface area contributed by atoms with Crippen molar-refractivity contribution in [2.75, 3.05) is 18.0 Å². The summed E-state index contributed by atoms with van der Waals surface area (Å²) in [5, 5.41) is 0.647. The highest BCUT2D eigenvalue weighted by atomic mass is 35.5. The SMILES string of the molecule is NCc1nc(N2CC=CCC2)ccc1Cl. The highest BCUT2D eigenvalue weighted by Gasteiger charge is 2.10. The molecule has 15 heavy (non-hydrogen) atoms. The van der Waals surface area contributed by atoms with Crippen molar-refractivity contribution >= 4 is 17.4 Å². The lowest BCUT2D eigenvalue weighted by atomic mass is 10.2. The van der Waals surface area contributed by atoms with Gasteiger partial charge in [0.2, 0.25) is 0 Å². The third kappa shape index (κ3) is 2.30. The quantitative estimate of drug-likeness (QED) is 0.780. The number of hydrogen-bond acceptors (Lipinski definition) is 3. The molecule has 0 aliphatic carbocycles. The second kappa shape index (κ2) is 4.64. The molecule has 80 valence electrons. The smallest absolute Gasteiger partial charge is 0.129 e. The van der Waals surface area contributed by atoms with Crippen LogP contribution >= 0.6 is 11.6 Å². The topological polar surface area (TPSA) is 42.1 Å². The van der Waals surface area contributed by atoms with Crippen molar-refractivity contribution in [3.8, 4) is 0 Å². The van der Waals surface area contributed by atoms with Crippen molar-refractivity contribution in [3.05, 3.63) is 35.0 Å². The first kappa shape index (κ1) is 10.5. The molecule has 1 aromatic rings. The van der Waals surface area contributed by atoms with Gasteiger partial charge >= 0.3 is 0 Å². The molecule has 2 heterocycles. The molecule has 1 aromatic heterocycles. The number of halogens is 1. The lowest BCUT2D eigenvalue weighted by Crippen LogP contribution is -2.27.